The van der Waals surface area contributed by atoms with Gasteiger partial charge in [-0.25, -0.2) is 0 Å². The third-order valence-electron chi connectivity index (χ3n) is 6.77. The lowest BCUT2D eigenvalue weighted by Crippen LogP contribution is -2.41. The molecule has 0 aliphatic heterocycles. The van der Waals surface area contributed by atoms with Crippen LogP contribution in [0.4, 0.5) is 0 Å². The van der Waals surface area contributed by atoms with E-state index in [1.807, 2.05) is 42.5 Å². The molecule has 1 atom stereocenters. The Hall–Kier alpha value is -2.31. The van der Waals surface area contributed by atoms with Crippen LogP contribution in [0.5, 0.6) is 11.5 Å². The molecular weight excluding hydrogens is 430 g/mol. The number of nitrogens with one attached hydrogen (secondary N) is 1. The largest absolute Gasteiger partial charge is 0.493 e. The molecule has 2 aromatic carbocycles. The monoisotopic (exact) mass is 471 g/mol. The van der Waals surface area contributed by atoms with Crippen molar-refractivity contribution in [2.24, 2.45) is 0 Å². The van der Waals surface area contributed by atoms with E-state index in [0.717, 1.165) is 29.5 Å². The van der Waals surface area contributed by atoms with Gasteiger partial charge in [0.25, 0.3) is 5.91 Å². The van der Waals surface area contributed by atoms with Crippen molar-refractivity contribution in [2.75, 3.05) is 27.4 Å². The van der Waals surface area contributed by atoms with Gasteiger partial charge < -0.3 is 19.2 Å². The molecule has 5 nitrogen and oxygen atoms in total. The third kappa shape index (κ3) is 7.08. The average Bonchev–Trinajstić information content (AvgIpc) is 2.79. The highest BCUT2D eigenvalue weighted by Gasteiger charge is 2.37. The van der Waals surface area contributed by atoms with E-state index >= 15 is 0 Å². The van der Waals surface area contributed by atoms with Crippen molar-refractivity contribution in [3.8, 4) is 11.5 Å². The molecule has 0 spiro atoms. The Balaban J connectivity index is 2.20. The summed E-state index contributed by atoms with van der Waals surface area (Å²) in [6.45, 7) is 14.5. The second-order valence-corrected chi connectivity index (χ2v) is 14.7. The average molecular weight is 472 g/mol. The van der Waals surface area contributed by atoms with Crippen molar-refractivity contribution in [1.82, 2.24) is 5.32 Å². The molecule has 0 bridgehead atoms. The first kappa shape index (κ1) is 26.9. The van der Waals surface area contributed by atoms with Crippen molar-refractivity contribution < 1.29 is 18.7 Å². The lowest BCUT2D eigenvalue weighted by Gasteiger charge is -2.36. The quantitative estimate of drug-likeness (QED) is 0.397. The molecule has 0 saturated heterocycles. The number of aryl methyl sites for hydroxylation is 1. The van der Waals surface area contributed by atoms with Crippen LogP contribution in [0.25, 0.3) is 0 Å². The summed E-state index contributed by atoms with van der Waals surface area (Å²) in [7, 11) is 1.42. The predicted octanol–water partition coefficient (Wildman–Crippen LogP) is 6.19. The zero-order chi connectivity index (χ0) is 24.6. The molecule has 0 aliphatic rings. The second-order valence-electron chi connectivity index (χ2n) is 9.93. The fraction of sp³-hybridized carbons (Fsp3) is 0.519. The van der Waals surface area contributed by atoms with Crippen molar-refractivity contribution >= 4 is 14.2 Å². The number of amides is 1. The Morgan fingerprint density at radius 1 is 1.03 bits per heavy atom. The van der Waals surface area contributed by atoms with Crippen LogP contribution in [0, 0.1) is 0 Å². The number of methoxy groups -OCH3 is 2. The van der Waals surface area contributed by atoms with Gasteiger partial charge in [-0.2, -0.15) is 0 Å². The van der Waals surface area contributed by atoms with E-state index < -0.39 is 8.32 Å². The lowest BCUT2D eigenvalue weighted by molar-refractivity contribution is 0.0948. The van der Waals surface area contributed by atoms with Gasteiger partial charge in [0.2, 0.25) is 0 Å². The highest BCUT2D eigenvalue weighted by Crippen LogP contribution is 2.37. The lowest BCUT2D eigenvalue weighted by atomic mass is 9.95. The first-order valence-corrected chi connectivity index (χ1v) is 14.7. The van der Waals surface area contributed by atoms with Crippen LogP contribution in [0.15, 0.2) is 42.5 Å². The Kier molecular flexibility index (Phi) is 9.55. The number of carbonyl (C=O) groups excluding carboxylic acids is 1. The predicted molar refractivity (Wildman–Crippen MR) is 138 cm³/mol. The fourth-order valence-electron chi connectivity index (χ4n) is 3.53. The first-order chi connectivity index (χ1) is 15.5. The van der Waals surface area contributed by atoms with Crippen molar-refractivity contribution in [1.29, 1.82) is 0 Å². The summed E-state index contributed by atoms with van der Waals surface area (Å²) in [6.07, 6.45) is 1.63. The van der Waals surface area contributed by atoms with Gasteiger partial charge in [-0.3, -0.25) is 4.79 Å². The molecule has 2 rings (SSSR count). The highest BCUT2D eigenvalue weighted by atomic mass is 28.4. The summed E-state index contributed by atoms with van der Waals surface area (Å²) in [4.78, 5) is 13.0. The summed E-state index contributed by atoms with van der Waals surface area (Å²) in [5.41, 5.74) is 2.89. The number of hydrogen-bond donors (Lipinski definition) is 1. The molecule has 0 fully saturated rings. The molecule has 1 amide bonds. The van der Waals surface area contributed by atoms with Crippen LogP contribution in [-0.2, 0) is 10.8 Å². The first-order valence-electron chi connectivity index (χ1n) is 11.8. The van der Waals surface area contributed by atoms with Crippen molar-refractivity contribution in [3.05, 3.63) is 59.2 Å². The standard InChI is InChI=1S/C27H41NO4Si/c1-9-20-12-10-11-13-23(20)26(29)28-19-22(16-17-32-33(7,8)27(2,3)4)21-14-15-24(30-5)25(18-21)31-6/h10-15,18,22H,9,16-17,19H2,1-8H3,(H,28,29). The molecule has 0 aliphatic carbocycles. The molecule has 6 heteroatoms. The minimum absolute atomic E-state index is 0.0387. The van der Waals surface area contributed by atoms with Crippen molar-refractivity contribution in [3.63, 3.8) is 0 Å². The van der Waals surface area contributed by atoms with Crippen molar-refractivity contribution in [2.45, 2.75) is 64.6 Å². The summed E-state index contributed by atoms with van der Waals surface area (Å²) < 4.78 is 17.4. The van der Waals surface area contributed by atoms with E-state index in [4.69, 9.17) is 13.9 Å². The topological polar surface area (TPSA) is 56.8 Å². The Bertz CT molecular complexity index is 921. The molecule has 0 radical (unpaired) electrons. The van der Waals surface area contributed by atoms with Gasteiger partial charge in [0.1, 0.15) is 0 Å². The molecule has 182 valence electrons. The van der Waals surface area contributed by atoms with E-state index in [1.165, 1.54) is 0 Å². The van der Waals surface area contributed by atoms with E-state index in [0.29, 0.717) is 24.7 Å². The normalized spacial score (nSPS) is 12.8. The van der Waals surface area contributed by atoms with Gasteiger partial charge in [-0.15, -0.1) is 0 Å². The molecule has 1 N–H and O–H groups in total. The van der Waals surface area contributed by atoms with Gasteiger partial charge in [0.05, 0.1) is 14.2 Å². The maximum absolute atomic E-state index is 13.0. The smallest absolute Gasteiger partial charge is 0.251 e. The fourth-order valence-corrected chi connectivity index (χ4v) is 4.59. The number of carbonyl (C=O) groups is 1. The third-order valence-corrected chi connectivity index (χ3v) is 11.3. The number of hydrogen-bond acceptors (Lipinski definition) is 4. The molecular formula is C27H41NO4Si. The van der Waals surface area contributed by atoms with E-state index in [2.05, 4.69) is 46.1 Å². The maximum atomic E-state index is 13.0. The minimum atomic E-state index is -1.85. The SMILES string of the molecule is CCc1ccccc1C(=O)NCC(CCO[Si](C)(C)C(C)(C)C)c1ccc(OC)c(OC)c1. The van der Waals surface area contributed by atoms with Gasteiger partial charge in [0, 0.05) is 24.6 Å². The highest BCUT2D eigenvalue weighted by molar-refractivity contribution is 6.74. The van der Waals surface area contributed by atoms with Crippen LogP contribution in [0.2, 0.25) is 18.1 Å². The molecule has 0 saturated carbocycles. The molecule has 2 aromatic rings. The van der Waals surface area contributed by atoms with E-state index in [-0.39, 0.29) is 16.9 Å². The molecule has 0 heterocycles. The van der Waals surface area contributed by atoms with Crippen LogP contribution in [-0.4, -0.2) is 41.6 Å². The van der Waals surface area contributed by atoms with Crippen LogP contribution >= 0.6 is 0 Å². The summed E-state index contributed by atoms with van der Waals surface area (Å²) in [5, 5.41) is 3.32. The van der Waals surface area contributed by atoms with Gasteiger partial charge in [0.15, 0.2) is 19.8 Å². The number of rotatable bonds is 11. The Labute approximate surface area is 201 Å². The summed E-state index contributed by atoms with van der Waals surface area (Å²) in [5.74, 6) is 1.43. The number of benzene rings is 2. The maximum Gasteiger partial charge on any atom is 0.251 e. The summed E-state index contributed by atoms with van der Waals surface area (Å²) >= 11 is 0. The van der Waals surface area contributed by atoms with Crippen LogP contribution in [0.1, 0.15) is 61.5 Å². The molecule has 1 unspecified atom stereocenters. The Morgan fingerprint density at radius 3 is 2.30 bits per heavy atom. The molecule has 33 heavy (non-hydrogen) atoms. The zero-order valence-corrected chi connectivity index (χ0v) is 22.6. The van der Waals surface area contributed by atoms with Gasteiger partial charge in [-0.05, 0) is 60.3 Å². The minimum Gasteiger partial charge on any atom is -0.493 e. The van der Waals surface area contributed by atoms with E-state index in [1.54, 1.807) is 14.2 Å². The Morgan fingerprint density at radius 2 is 1.70 bits per heavy atom. The van der Waals surface area contributed by atoms with E-state index in [9.17, 15) is 4.79 Å². The van der Waals surface area contributed by atoms with Gasteiger partial charge in [-0.1, -0.05) is 52.0 Å². The van der Waals surface area contributed by atoms with Crippen LogP contribution in [0.3, 0.4) is 0 Å². The van der Waals surface area contributed by atoms with Gasteiger partial charge >= 0.3 is 0 Å². The number of ether oxygens (including phenoxy) is 2. The second kappa shape index (κ2) is 11.7. The summed E-state index contributed by atoms with van der Waals surface area (Å²) in [6, 6.07) is 13.7. The zero-order valence-electron chi connectivity index (χ0n) is 21.6. The molecule has 0 aromatic heterocycles. The van der Waals surface area contributed by atoms with Crippen LogP contribution < -0.4 is 14.8 Å².